The summed E-state index contributed by atoms with van der Waals surface area (Å²) in [6, 6.07) is 16.5. The zero-order chi connectivity index (χ0) is 24.3. The number of alkyl halides is 3. The molecule has 0 bridgehead atoms. The fraction of sp³-hybridized carbons (Fsp3) is 0.192. The summed E-state index contributed by atoms with van der Waals surface area (Å²) in [6.07, 6.45) is -1.82. The zero-order valence-electron chi connectivity index (χ0n) is 18.2. The number of thioether (sulfide) groups is 1. The van der Waals surface area contributed by atoms with Gasteiger partial charge < -0.3 is 0 Å². The molecule has 3 nitrogen and oxygen atoms in total. The van der Waals surface area contributed by atoms with E-state index in [1.54, 1.807) is 43.5 Å². The smallest absolute Gasteiger partial charge is 0.290 e. The predicted molar refractivity (Wildman–Crippen MR) is 123 cm³/mol. The van der Waals surface area contributed by atoms with Crippen molar-refractivity contribution in [1.29, 1.82) is 0 Å². The van der Waals surface area contributed by atoms with Crippen LogP contribution in [0.4, 0.5) is 17.6 Å². The molecule has 0 fully saturated rings. The molecular weight excluding hydrogens is 464 g/mol. The highest BCUT2D eigenvalue weighted by Crippen LogP contribution is 2.43. The number of aryl methyl sites for hydroxylation is 3. The lowest BCUT2D eigenvalue weighted by Gasteiger charge is -2.19. The van der Waals surface area contributed by atoms with Crippen LogP contribution >= 0.6 is 11.8 Å². The van der Waals surface area contributed by atoms with E-state index in [1.807, 2.05) is 0 Å². The van der Waals surface area contributed by atoms with Crippen molar-refractivity contribution in [3.63, 3.8) is 0 Å². The highest BCUT2D eigenvalue weighted by molar-refractivity contribution is 7.99. The Kier molecular flexibility index (Phi) is 6.97. The van der Waals surface area contributed by atoms with Gasteiger partial charge in [0.2, 0.25) is 0 Å². The molecule has 1 N–H and O–H groups in total. The van der Waals surface area contributed by atoms with Gasteiger partial charge in [-0.1, -0.05) is 30.3 Å². The van der Waals surface area contributed by atoms with E-state index < -0.39 is 11.7 Å². The van der Waals surface area contributed by atoms with Crippen molar-refractivity contribution in [1.82, 2.24) is 10.2 Å². The molecule has 0 aliphatic heterocycles. The summed E-state index contributed by atoms with van der Waals surface area (Å²) in [5, 5.41) is 18.6. The summed E-state index contributed by atoms with van der Waals surface area (Å²) in [6.45, 7) is 1.72. The Morgan fingerprint density at radius 1 is 1.00 bits per heavy atom. The monoisotopic (exact) mass is 485 g/mol. The van der Waals surface area contributed by atoms with Crippen LogP contribution in [-0.4, -0.2) is 10.2 Å². The zero-order valence-corrected chi connectivity index (χ0v) is 19.0. The first-order valence-electron chi connectivity index (χ1n) is 10.6. The SMILES string of the molecule is Cc1cc(SC(c2ccc(C(F)(F)F)cc2)c2c[nH]nc2CCc2ccccc2F)ccc1[O]. The average molecular weight is 486 g/mol. The molecule has 1 unspecified atom stereocenters. The summed E-state index contributed by atoms with van der Waals surface area (Å²) < 4.78 is 53.4. The van der Waals surface area contributed by atoms with Crippen molar-refractivity contribution in [2.24, 2.45) is 0 Å². The van der Waals surface area contributed by atoms with Crippen molar-refractivity contribution < 1.29 is 22.7 Å². The quantitative estimate of drug-likeness (QED) is 0.216. The molecule has 0 saturated heterocycles. The van der Waals surface area contributed by atoms with Crippen LogP contribution in [0.1, 0.15) is 38.8 Å². The van der Waals surface area contributed by atoms with Crippen molar-refractivity contribution >= 4 is 11.8 Å². The predicted octanol–water partition coefficient (Wildman–Crippen LogP) is 7.69. The van der Waals surface area contributed by atoms with Crippen LogP contribution in [0.5, 0.6) is 5.75 Å². The van der Waals surface area contributed by atoms with E-state index in [-0.39, 0.29) is 16.8 Å². The Morgan fingerprint density at radius 2 is 1.74 bits per heavy atom. The third-order valence-electron chi connectivity index (χ3n) is 5.57. The molecule has 0 aliphatic carbocycles. The molecule has 3 aromatic carbocycles. The van der Waals surface area contributed by atoms with E-state index >= 15 is 0 Å². The minimum absolute atomic E-state index is 0.0793. The number of nitrogens with one attached hydrogen (secondary N) is 1. The average Bonchev–Trinajstić information content (AvgIpc) is 3.27. The van der Waals surface area contributed by atoms with Gasteiger partial charge >= 0.3 is 6.18 Å². The number of hydrogen-bond donors (Lipinski definition) is 1. The first kappa shape index (κ1) is 23.9. The van der Waals surface area contributed by atoms with Crippen molar-refractivity contribution in [3.05, 3.63) is 112 Å². The van der Waals surface area contributed by atoms with Gasteiger partial charge in [-0.15, -0.1) is 11.8 Å². The Labute approximate surface area is 198 Å². The number of rotatable bonds is 7. The third kappa shape index (κ3) is 5.44. The first-order valence-corrected chi connectivity index (χ1v) is 11.5. The molecule has 0 spiro atoms. The van der Waals surface area contributed by atoms with Gasteiger partial charge in [0.05, 0.1) is 16.5 Å². The summed E-state index contributed by atoms with van der Waals surface area (Å²) in [4.78, 5) is 0.809. The molecule has 4 aromatic rings. The molecular formula is C26H21F4N2OS. The van der Waals surface area contributed by atoms with Crippen LogP contribution in [0.2, 0.25) is 0 Å². The van der Waals surface area contributed by atoms with Gasteiger partial charge in [-0.2, -0.15) is 18.3 Å². The van der Waals surface area contributed by atoms with Crippen LogP contribution in [0.25, 0.3) is 0 Å². The second-order valence-electron chi connectivity index (χ2n) is 7.92. The van der Waals surface area contributed by atoms with Crippen molar-refractivity contribution in [2.45, 2.75) is 36.1 Å². The number of H-pyrrole nitrogens is 1. The minimum Gasteiger partial charge on any atom is -0.290 e. The summed E-state index contributed by atoms with van der Waals surface area (Å²) in [5.41, 5.74) is 2.59. The van der Waals surface area contributed by atoms with Gasteiger partial charge in [-0.3, -0.25) is 10.2 Å². The number of nitrogens with zero attached hydrogens (tertiary/aromatic N) is 1. The molecule has 0 aliphatic rings. The fourth-order valence-electron chi connectivity index (χ4n) is 3.70. The molecule has 1 radical (unpaired) electrons. The highest BCUT2D eigenvalue weighted by Gasteiger charge is 2.31. The maximum Gasteiger partial charge on any atom is 0.416 e. The Balaban J connectivity index is 1.68. The van der Waals surface area contributed by atoms with E-state index in [4.69, 9.17) is 0 Å². The van der Waals surface area contributed by atoms with E-state index in [0.717, 1.165) is 22.6 Å². The molecule has 4 rings (SSSR count). The Hall–Kier alpha value is -3.26. The van der Waals surface area contributed by atoms with Crippen molar-refractivity contribution in [2.75, 3.05) is 0 Å². The van der Waals surface area contributed by atoms with E-state index in [0.29, 0.717) is 35.2 Å². The van der Waals surface area contributed by atoms with Crippen LogP contribution < -0.4 is 0 Å². The molecule has 0 amide bonds. The molecule has 34 heavy (non-hydrogen) atoms. The van der Waals surface area contributed by atoms with Crippen LogP contribution in [0, 0.1) is 12.7 Å². The van der Waals surface area contributed by atoms with Gasteiger partial charge in [0.1, 0.15) is 5.82 Å². The topological polar surface area (TPSA) is 48.6 Å². The lowest BCUT2D eigenvalue weighted by atomic mass is 10.00. The minimum atomic E-state index is -4.43. The molecule has 8 heteroatoms. The van der Waals surface area contributed by atoms with Crippen molar-refractivity contribution in [3.8, 4) is 5.75 Å². The fourth-order valence-corrected chi connectivity index (χ4v) is 4.99. The summed E-state index contributed by atoms with van der Waals surface area (Å²) >= 11 is 1.42. The normalized spacial score (nSPS) is 12.6. The van der Waals surface area contributed by atoms with Gasteiger partial charge in [0.25, 0.3) is 0 Å². The number of halogens is 4. The van der Waals surface area contributed by atoms with Crippen LogP contribution in [-0.2, 0) is 24.1 Å². The standard InChI is InChI=1S/C26H21F4N2OS/c1-16-14-20(11-13-24(16)33)34-25(18-6-9-19(10-7-18)26(28,29)30)21-15-31-32-23(21)12-8-17-4-2-3-5-22(17)27/h2-7,9-11,13-15,25H,8,12H2,1H3,(H,31,32). The molecule has 1 heterocycles. The Morgan fingerprint density at radius 3 is 2.41 bits per heavy atom. The summed E-state index contributed by atoms with van der Waals surface area (Å²) in [7, 11) is 0. The Bertz CT molecular complexity index is 1270. The molecule has 175 valence electrons. The number of hydrogen-bond acceptors (Lipinski definition) is 2. The summed E-state index contributed by atoms with van der Waals surface area (Å²) in [5.74, 6) is -0.370. The number of benzene rings is 3. The largest absolute Gasteiger partial charge is 0.416 e. The molecule has 1 aromatic heterocycles. The third-order valence-corrected chi connectivity index (χ3v) is 6.85. The lowest BCUT2D eigenvalue weighted by molar-refractivity contribution is -0.137. The van der Waals surface area contributed by atoms with E-state index in [2.05, 4.69) is 10.2 Å². The second-order valence-corrected chi connectivity index (χ2v) is 9.10. The maximum atomic E-state index is 14.1. The first-order chi connectivity index (χ1) is 16.2. The second kappa shape index (κ2) is 9.93. The van der Waals surface area contributed by atoms with Crippen LogP contribution in [0.3, 0.4) is 0 Å². The molecule has 0 saturated carbocycles. The van der Waals surface area contributed by atoms with E-state index in [1.165, 1.54) is 36.0 Å². The van der Waals surface area contributed by atoms with Gasteiger partial charge in [0.15, 0.2) is 5.75 Å². The highest BCUT2D eigenvalue weighted by atomic mass is 32.2. The van der Waals surface area contributed by atoms with E-state index in [9.17, 15) is 22.7 Å². The van der Waals surface area contributed by atoms with Gasteiger partial charge in [-0.25, -0.2) is 4.39 Å². The van der Waals surface area contributed by atoms with Gasteiger partial charge in [0, 0.05) is 16.7 Å². The maximum absolute atomic E-state index is 14.1. The number of aromatic nitrogens is 2. The number of aromatic amines is 1. The molecule has 1 atom stereocenters. The van der Waals surface area contributed by atoms with Gasteiger partial charge in [-0.05, 0) is 72.9 Å². The lowest BCUT2D eigenvalue weighted by Crippen LogP contribution is -2.06. The van der Waals surface area contributed by atoms with Crippen LogP contribution in [0.15, 0.2) is 77.8 Å².